The summed E-state index contributed by atoms with van der Waals surface area (Å²) in [4.78, 5) is 38.8. The first-order valence-corrected chi connectivity index (χ1v) is 6.86. The van der Waals surface area contributed by atoms with E-state index in [1.165, 1.54) is 0 Å². The molecule has 1 rings (SSSR count). The fourth-order valence-corrected chi connectivity index (χ4v) is 1.65. The number of esters is 1. The van der Waals surface area contributed by atoms with Crippen LogP contribution < -0.4 is 16.0 Å². The van der Waals surface area contributed by atoms with Gasteiger partial charge in [0.1, 0.15) is 6.54 Å². The van der Waals surface area contributed by atoms with Crippen LogP contribution in [0.3, 0.4) is 0 Å². The van der Waals surface area contributed by atoms with Gasteiger partial charge in [-0.3, -0.25) is 15.6 Å². The number of amides is 2. The second-order valence-corrected chi connectivity index (χ2v) is 4.11. The molecule has 0 aromatic carbocycles. The zero-order valence-electron chi connectivity index (χ0n) is 12.7. The molecule has 0 atom stereocenters. The molecule has 1 aliphatic heterocycles. The average Bonchev–Trinajstić information content (AvgIpc) is 2.83. The normalized spacial score (nSPS) is 15.1. The van der Waals surface area contributed by atoms with Crippen molar-refractivity contribution in [2.75, 3.05) is 26.4 Å². The van der Waals surface area contributed by atoms with Gasteiger partial charge in [0.15, 0.2) is 0 Å². The molecule has 0 radical (unpaired) electrons. The van der Waals surface area contributed by atoms with E-state index in [0.29, 0.717) is 0 Å². The van der Waals surface area contributed by atoms with Crippen LogP contribution in [0.2, 0.25) is 0 Å². The van der Waals surface area contributed by atoms with E-state index in [4.69, 9.17) is 14.2 Å². The number of hydrogen-bond acceptors (Lipinski definition) is 8. The molecule has 0 aromatic heterocycles. The molecule has 1 aliphatic rings. The Hall–Kier alpha value is -2.52. The highest BCUT2D eigenvalue weighted by Gasteiger charge is 2.42. The number of aliphatic imine (C=N–C) groups is 1. The molecule has 0 aliphatic carbocycles. The first kappa shape index (κ1) is 17.5. The summed E-state index contributed by atoms with van der Waals surface area (Å²) in [5.74, 6) is -2.32. The number of rotatable bonds is 6. The van der Waals surface area contributed by atoms with Crippen LogP contribution in [-0.4, -0.2) is 56.1 Å². The summed E-state index contributed by atoms with van der Waals surface area (Å²) in [7, 11) is 0. The molecule has 124 valence electrons. The zero-order valence-corrected chi connectivity index (χ0v) is 12.7. The van der Waals surface area contributed by atoms with E-state index in [9.17, 15) is 14.4 Å². The fourth-order valence-electron chi connectivity index (χ4n) is 1.65. The lowest BCUT2D eigenvalue weighted by Gasteiger charge is -2.30. The molecule has 0 bridgehead atoms. The molecular weight excluding hydrogens is 296 g/mol. The minimum absolute atomic E-state index is 0.115. The molecule has 0 saturated heterocycles. The van der Waals surface area contributed by atoms with Gasteiger partial charge in [-0.1, -0.05) is 0 Å². The fraction of sp³-hybridized carbons (Fsp3) is 0.667. The predicted octanol–water partition coefficient (Wildman–Crippen LogP) is -0.303. The summed E-state index contributed by atoms with van der Waals surface area (Å²) in [6.07, 6.45) is -1.57. The Kier molecular flexibility index (Phi) is 6.42. The molecule has 0 unspecified atom stereocenters. The minimum Gasteiger partial charge on any atom is -0.460 e. The van der Waals surface area contributed by atoms with Crippen molar-refractivity contribution in [1.29, 1.82) is 0 Å². The van der Waals surface area contributed by atoms with Crippen LogP contribution in [0.15, 0.2) is 4.99 Å². The lowest BCUT2D eigenvalue weighted by Crippen LogP contribution is -2.70. The highest BCUT2D eigenvalue weighted by atomic mass is 16.6. The van der Waals surface area contributed by atoms with Gasteiger partial charge >= 0.3 is 18.2 Å². The molecule has 10 nitrogen and oxygen atoms in total. The molecule has 10 heteroatoms. The van der Waals surface area contributed by atoms with Crippen molar-refractivity contribution < 1.29 is 28.6 Å². The lowest BCUT2D eigenvalue weighted by molar-refractivity contribution is -0.135. The Morgan fingerprint density at radius 1 is 1.05 bits per heavy atom. The molecule has 0 spiro atoms. The van der Waals surface area contributed by atoms with Gasteiger partial charge in [0.2, 0.25) is 11.6 Å². The van der Waals surface area contributed by atoms with Crippen LogP contribution >= 0.6 is 0 Å². The van der Waals surface area contributed by atoms with E-state index in [-0.39, 0.29) is 32.2 Å². The van der Waals surface area contributed by atoms with Crippen LogP contribution in [0.1, 0.15) is 20.8 Å². The number of nitrogens with one attached hydrogen (secondary N) is 3. The largest absolute Gasteiger partial charge is 0.460 e. The Bertz CT molecular complexity index is 445. The zero-order chi connectivity index (χ0) is 16.6. The maximum absolute atomic E-state index is 11.7. The van der Waals surface area contributed by atoms with Crippen molar-refractivity contribution >= 4 is 24.0 Å². The van der Waals surface area contributed by atoms with Crippen molar-refractivity contribution in [3.05, 3.63) is 0 Å². The Morgan fingerprint density at radius 3 is 2.00 bits per heavy atom. The summed E-state index contributed by atoms with van der Waals surface area (Å²) >= 11 is 0. The maximum atomic E-state index is 11.7. The summed E-state index contributed by atoms with van der Waals surface area (Å²) in [6.45, 7) is 5.25. The van der Waals surface area contributed by atoms with Gasteiger partial charge in [0, 0.05) is 0 Å². The van der Waals surface area contributed by atoms with Crippen molar-refractivity contribution in [3.8, 4) is 0 Å². The predicted molar refractivity (Wildman–Crippen MR) is 75.1 cm³/mol. The number of ether oxygens (including phenoxy) is 3. The van der Waals surface area contributed by atoms with Crippen molar-refractivity contribution in [3.63, 3.8) is 0 Å². The third-order valence-corrected chi connectivity index (χ3v) is 2.46. The summed E-state index contributed by atoms with van der Waals surface area (Å²) in [5, 5.41) is 7.43. The van der Waals surface area contributed by atoms with Gasteiger partial charge in [0.05, 0.1) is 19.8 Å². The van der Waals surface area contributed by atoms with Gasteiger partial charge < -0.3 is 19.5 Å². The first-order chi connectivity index (χ1) is 10.5. The van der Waals surface area contributed by atoms with Crippen LogP contribution in [0.4, 0.5) is 9.59 Å². The maximum Gasteiger partial charge on any atom is 0.410 e. The van der Waals surface area contributed by atoms with E-state index in [1.807, 2.05) is 0 Å². The summed E-state index contributed by atoms with van der Waals surface area (Å²) in [5.41, 5.74) is 0. The Morgan fingerprint density at radius 2 is 1.55 bits per heavy atom. The van der Waals surface area contributed by atoms with Gasteiger partial charge in [-0.25, -0.2) is 14.4 Å². The quantitative estimate of drug-likeness (QED) is 0.348. The summed E-state index contributed by atoms with van der Waals surface area (Å²) in [6, 6.07) is 0. The number of amidine groups is 1. The average molecular weight is 316 g/mol. The molecule has 3 N–H and O–H groups in total. The third kappa shape index (κ3) is 4.79. The summed E-state index contributed by atoms with van der Waals surface area (Å²) < 4.78 is 14.3. The van der Waals surface area contributed by atoms with Crippen LogP contribution in [0.25, 0.3) is 0 Å². The lowest BCUT2D eigenvalue weighted by atomic mass is 10.3. The number of nitrogens with zero attached hydrogens (tertiary/aromatic N) is 1. The number of hydrogen-bond donors (Lipinski definition) is 3. The number of carbonyl (C=O) groups excluding carboxylic acids is 3. The highest BCUT2D eigenvalue weighted by Crippen LogP contribution is 2.07. The number of carbonyl (C=O) groups is 3. The highest BCUT2D eigenvalue weighted by molar-refractivity contribution is 6.36. The van der Waals surface area contributed by atoms with Gasteiger partial charge in [0.25, 0.3) is 0 Å². The second kappa shape index (κ2) is 8.05. The Labute approximate surface area is 127 Å². The molecule has 0 aromatic rings. The molecule has 22 heavy (non-hydrogen) atoms. The third-order valence-electron chi connectivity index (χ3n) is 2.46. The second-order valence-electron chi connectivity index (χ2n) is 4.11. The van der Waals surface area contributed by atoms with Crippen molar-refractivity contribution in [1.82, 2.24) is 16.0 Å². The molecular formula is C12H20N4O6. The van der Waals surface area contributed by atoms with E-state index in [1.54, 1.807) is 20.8 Å². The smallest absolute Gasteiger partial charge is 0.410 e. The van der Waals surface area contributed by atoms with Crippen molar-refractivity contribution in [2.24, 2.45) is 4.99 Å². The van der Waals surface area contributed by atoms with E-state index in [2.05, 4.69) is 20.9 Å². The van der Waals surface area contributed by atoms with E-state index < -0.39 is 23.9 Å². The number of alkyl carbamates (subject to hydrolysis) is 2. The van der Waals surface area contributed by atoms with Crippen LogP contribution in [-0.2, 0) is 19.0 Å². The molecule has 2 amide bonds. The van der Waals surface area contributed by atoms with Gasteiger partial charge in [-0.2, -0.15) is 0 Å². The molecule has 1 heterocycles. The minimum atomic E-state index is -1.51. The standard InChI is InChI=1S/C12H20N4O6/c1-4-20-9(17)8-13-7-12(14-8,15-10(18)21-5-2)16-11(19)22-6-3/h4-7H2,1-3H3,(H,13,14)(H,15,18)(H,16,19). The Balaban J connectivity index is 2.79. The SMILES string of the molecule is CCOC(=O)NC1(NC(=O)OCC)CN=C(C(=O)OCC)N1. The molecule has 0 saturated carbocycles. The monoisotopic (exact) mass is 316 g/mol. The topological polar surface area (TPSA) is 127 Å². The van der Waals surface area contributed by atoms with Gasteiger partial charge in [-0.05, 0) is 20.8 Å². The molecule has 0 fully saturated rings. The van der Waals surface area contributed by atoms with Crippen LogP contribution in [0, 0.1) is 0 Å². The first-order valence-electron chi connectivity index (χ1n) is 6.86. The van der Waals surface area contributed by atoms with Crippen LogP contribution in [0.5, 0.6) is 0 Å². The van der Waals surface area contributed by atoms with E-state index >= 15 is 0 Å². The van der Waals surface area contributed by atoms with Crippen molar-refractivity contribution in [2.45, 2.75) is 26.6 Å². The van der Waals surface area contributed by atoms with E-state index in [0.717, 1.165) is 0 Å². The van der Waals surface area contributed by atoms with Gasteiger partial charge in [-0.15, -0.1) is 0 Å².